The molecule has 0 heterocycles. The average Bonchev–Trinajstić information content (AvgIpc) is 2.62. The van der Waals surface area contributed by atoms with E-state index in [-0.39, 0.29) is 12.2 Å². The minimum atomic E-state index is -3.69. The first-order chi connectivity index (χ1) is 12.3. The molecule has 0 fully saturated rings. The van der Waals surface area contributed by atoms with Crippen LogP contribution in [0.3, 0.4) is 0 Å². The van der Waals surface area contributed by atoms with E-state index in [1.807, 2.05) is 24.3 Å². The van der Waals surface area contributed by atoms with Gasteiger partial charge >= 0.3 is 0 Å². The van der Waals surface area contributed by atoms with Crippen molar-refractivity contribution < 1.29 is 13.3 Å². The average molecular weight is 393 g/mol. The monoisotopic (exact) mass is 392 g/mol. The van der Waals surface area contributed by atoms with Gasteiger partial charge in [0.05, 0.1) is 9.83 Å². The largest absolute Gasteiger partial charge is 0.269 e. The van der Waals surface area contributed by atoms with E-state index in [0.717, 1.165) is 11.1 Å². The molecular formula is C18H17ClN2O4S. The third kappa shape index (κ3) is 3.65. The number of sulfonamides is 1. The highest BCUT2D eigenvalue weighted by Crippen LogP contribution is 2.30. The van der Waals surface area contributed by atoms with E-state index in [1.54, 1.807) is 6.08 Å². The van der Waals surface area contributed by atoms with Crippen molar-refractivity contribution in [1.82, 2.24) is 4.31 Å². The van der Waals surface area contributed by atoms with Crippen molar-refractivity contribution in [3.05, 3.63) is 79.2 Å². The Labute approximate surface area is 156 Å². The van der Waals surface area contributed by atoms with Gasteiger partial charge in [0.15, 0.2) is 0 Å². The fraction of sp³-hybridized carbons (Fsp3) is 0.222. The van der Waals surface area contributed by atoms with Crippen LogP contribution < -0.4 is 0 Å². The first-order valence-electron chi connectivity index (χ1n) is 7.96. The molecule has 1 aliphatic rings. The van der Waals surface area contributed by atoms with Crippen LogP contribution >= 0.6 is 11.6 Å². The highest BCUT2D eigenvalue weighted by atomic mass is 35.5. The Hall–Kier alpha value is -2.22. The number of aryl methyl sites for hydroxylation is 1. The van der Waals surface area contributed by atoms with Crippen LogP contribution in [0.25, 0.3) is 6.08 Å². The van der Waals surface area contributed by atoms with Gasteiger partial charge < -0.3 is 0 Å². The summed E-state index contributed by atoms with van der Waals surface area (Å²) in [6.07, 6.45) is 2.78. The Balaban J connectivity index is 1.88. The predicted molar refractivity (Wildman–Crippen MR) is 101 cm³/mol. The summed E-state index contributed by atoms with van der Waals surface area (Å²) in [6, 6.07) is 11.7. The second-order valence-corrected chi connectivity index (χ2v) is 8.61. The lowest BCUT2D eigenvalue weighted by molar-refractivity contribution is -0.384. The number of allylic oxidation sites excluding steroid dienone is 1. The summed E-state index contributed by atoms with van der Waals surface area (Å²) in [5.74, 6) is 0. The zero-order valence-corrected chi connectivity index (χ0v) is 15.6. The maximum atomic E-state index is 12.9. The van der Waals surface area contributed by atoms with Crippen LogP contribution in [-0.4, -0.2) is 24.7 Å². The fourth-order valence-electron chi connectivity index (χ4n) is 2.93. The molecule has 136 valence electrons. The maximum Gasteiger partial charge on any atom is 0.269 e. The van der Waals surface area contributed by atoms with Crippen LogP contribution in [0.1, 0.15) is 23.1 Å². The van der Waals surface area contributed by atoms with Crippen molar-refractivity contribution >= 4 is 33.4 Å². The maximum absolute atomic E-state index is 12.9. The molecule has 1 aliphatic carbocycles. The number of halogens is 1. The van der Waals surface area contributed by atoms with Crippen molar-refractivity contribution in [1.29, 1.82) is 0 Å². The summed E-state index contributed by atoms with van der Waals surface area (Å²) in [4.78, 5) is 10.7. The molecule has 0 amide bonds. The summed E-state index contributed by atoms with van der Waals surface area (Å²) in [7, 11) is -2.24. The molecule has 0 aromatic heterocycles. The molecule has 8 heteroatoms. The van der Waals surface area contributed by atoms with E-state index >= 15 is 0 Å². The van der Waals surface area contributed by atoms with Crippen molar-refractivity contribution in [2.24, 2.45) is 0 Å². The topological polar surface area (TPSA) is 80.5 Å². The van der Waals surface area contributed by atoms with E-state index in [9.17, 15) is 18.5 Å². The second-order valence-electron chi connectivity index (χ2n) is 6.10. The highest BCUT2D eigenvalue weighted by molar-refractivity contribution is 7.93. The van der Waals surface area contributed by atoms with E-state index in [0.29, 0.717) is 28.3 Å². The van der Waals surface area contributed by atoms with Crippen LogP contribution in [0.15, 0.2) is 47.4 Å². The van der Waals surface area contributed by atoms with Gasteiger partial charge in [0.1, 0.15) is 0 Å². The number of hydrogen-bond acceptors (Lipinski definition) is 4. The number of benzene rings is 2. The van der Waals surface area contributed by atoms with Gasteiger partial charge in [-0.15, -0.1) is 0 Å². The quantitative estimate of drug-likeness (QED) is 0.569. The second kappa shape index (κ2) is 7.19. The third-order valence-corrected chi connectivity index (χ3v) is 6.69. The molecule has 0 saturated carbocycles. The Morgan fingerprint density at radius 2 is 1.92 bits per heavy atom. The third-order valence-electron chi connectivity index (χ3n) is 4.39. The van der Waals surface area contributed by atoms with E-state index in [2.05, 4.69) is 0 Å². The van der Waals surface area contributed by atoms with Crippen molar-refractivity contribution in [2.45, 2.75) is 19.4 Å². The standard InChI is InChI=1S/C18H17ClN2O4S/c1-20(12-15-10-16(21(22)23)7-9-18(15)19)26(24,25)17-8-6-13-4-2-3-5-14(13)11-17/h2-5,7,9-11H,6,8,12H2,1H3. The van der Waals surface area contributed by atoms with Crippen molar-refractivity contribution in [2.75, 3.05) is 7.05 Å². The Morgan fingerprint density at radius 3 is 2.65 bits per heavy atom. The van der Waals surface area contributed by atoms with Gasteiger partial charge in [-0.05, 0) is 41.7 Å². The lowest BCUT2D eigenvalue weighted by Crippen LogP contribution is -2.28. The fourth-order valence-corrected chi connectivity index (χ4v) is 4.45. The summed E-state index contributed by atoms with van der Waals surface area (Å²) in [6.45, 7) is -0.0398. The zero-order valence-electron chi connectivity index (χ0n) is 14.1. The molecule has 2 aromatic rings. The predicted octanol–water partition coefficient (Wildman–Crippen LogP) is 4.00. The Bertz CT molecular complexity index is 1000. The first kappa shape index (κ1) is 18.6. The highest BCUT2D eigenvalue weighted by Gasteiger charge is 2.27. The number of non-ortho nitro benzene ring substituents is 1. The van der Waals surface area contributed by atoms with Gasteiger partial charge in [-0.25, -0.2) is 8.42 Å². The minimum absolute atomic E-state index is 0.0398. The minimum Gasteiger partial charge on any atom is -0.258 e. The van der Waals surface area contributed by atoms with Gasteiger partial charge in [0, 0.05) is 30.7 Å². The van der Waals surface area contributed by atoms with Crippen molar-refractivity contribution in [3.63, 3.8) is 0 Å². The molecule has 0 N–H and O–H groups in total. The Morgan fingerprint density at radius 1 is 1.19 bits per heavy atom. The van der Waals surface area contributed by atoms with Crippen LogP contribution in [0.4, 0.5) is 5.69 Å². The summed E-state index contributed by atoms with van der Waals surface area (Å²) in [5, 5.41) is 11.2. The molecule has 0 radical (unpaired) electrons. The normalized spacial score (nSPS) is 14.0. The van der Waals surface area contributed by atoms with E-state index < -0.39 is 14.9 Å². The molecular weight excluding hydrogens is 376 g/mol. The lowest BCUT2D eigenvalue weighted by Gasteiger charge is -2.22. The molecule has 3 rings (SSSR count). The molecule has 0 aliphatic heterocycles. The number of nitro benzene ring substituents is 1. The smallest absolute Gasteiger partial charge is 0.258 e. The summed E-state index contributed by atoms with van der Waals surface area (Å²) < 4.78 is 27.0. The Kier molecular flexibility index (Phi) is 5.13. The van der Waals surface area contributed by atoms with Crippen LogP contribution in [0.5, 0.6) is 0 Å². The number of nitrogens with zero attached hydrogens (tertiary/aromatic N) is 2. The zero-order chi connectivity index (χ0) is 18.9. The molecule has 0 spiro atoms. The molecule has 2 aromatic carbocycles. The molecule has 0 unspecified atom stereocenters. The SMILES string of the molecule is CN(Cc1cc([N+](=O)[O-])ccc1Cl)S(=O)(=O)C1=Cc2ccccc2CC1. The van der Waals surface area contributed by atoms with Gasteiger partial charge in [-0.2, -0.15) is 4.31 Å². The van der Waals surface area contributed by atoms with Gasteiger partial charge in [0.2, 0.25) is 10.0 Å². The molecule has 0 saturated heterocycles. The van der Waals surface area contributed by atoms with Crippen LogP contribution in [0.2, 0.25) is 5.02 Å². The van der Waals surface area contributed by atoms with Gasteiger partial charge in [-0.3, -0.25) is 10.1 Å². The van der Waals surface area contributed by atoms with E-state index in [4.69, 9.17) is 11.6 Å². The number of hydrogen-bond donors (Lipinski definition) is 0. The molecule has 6 nitrogen and oxygen atoms in total. The molecule has 26 heavy (non-hydrogen) atoms. The van der Waals surface area contributed by atoms with Gasteiger partial charge in [-0.1, -0.05) is 35.9 Å². The first-order valence-corrected chi connectivity index (χ1v) is 9.78. The summed E-state index contributed by atoms with van der Waals surface area (Å²) >= 11 is 6.09. The molecule has 0 atom stereocenters. The number of rotatable bonds is 5. The number of fused-ring (bicyclic) bond motifs is 1. The number of nitro groups is 1. The lowest BCUT2D eigenvalue weighted by atomic mass is 9.98. The van der Waals surface area contributed by atoms with Crippen LogP contribution in [0, 0.1) is 10.1 Å². The summed E-state index contributed by atoms with van der Waals surface area (Å²) in [5.41, 5.74) is 2.29. The van der Waals surface area contributed by atoms with Gasteiger partial charge in [0.25, 0.3) is 5.69 Å². The van der Waals surface area contributed by atoms with Crippen molar-refractivity contribution in [3.8, 4) is 0 Å². The van der Waals surface area contributed by atoms with E-state index in [1.165, 1.54) is 29.6 Å². The molecule has 0 bridgehead atoms. The van der Waals surface area contributed by atoms with Crippen LogP contribution in [-0.2, 0) is 23.0 Å².